The fourth-order valence-electron chi connectivity index (χ4n) is 1.11. The highest BCUT2D eigenvalue weighted by Crippen LogP contribution is 2.32. The van der Waals surface area contributed by atoms with Crippen LogP contribution in [0.4, 0.5) is 0 Å². The summed E-state index contributed by atoms with van der Waals surface area (Å²) in [4.78, 5) is 0. The molecule has 0 aliphatic heterocycles. The summed E-state index contributed by atoms with van der Waals surface area (Å²) < 4.78 is 6.26. The number of benzene rings is 1. The summed E-state index contributed by atoms with van der Waals surface area (Å²) in [5, 5.41) is 9.38. The van der Waals surface area contributed by atoms with Crippen molar-refractivity contribution in [3.8, 4) is 11.8 Å². The van der Waals surface area contributed by atoms with Gasteiger partial charge in [-0.25, -0.2) is 0 Å². The third-order valence-electron chi connectivity index (χ3n) is 1.87. The second kappa shape index (κ2) is 5.99. The Morgan fingerprint density at radius 2 is 2.27 bits per heavy atom. The molecule has 1 rings (SSSR count). The Morgan fingerprint density at radius 1 is 1.53 bits per heavy atom. The summed E-state index contributed by atoms with van der Waals surface area (Å²) in [6, 6.07) is 5.49. The van der Waals surface area contributed by atoms with Gasteiger partial charge < -0.3 is 4.74 Å². The topological polar surface area (TPSA) is 33.0 Å². The second-order valence-electron chi connectivity index (χ2n) is 3.08. The SMILES string of the molecule is CCCCOc1c(Cl)cc(Br)cc1C#N. The lowest BCUT2D eigenvalue weighted by atomic mass is 10.2. The van der Waals surface area contributed by atoms with Gasteiger partial charge in [0.2, 0.25) is 0 Å². The molecule has 0 fully saturated rings. The van der Waals surface area contributed by atoms with Crippen molar-refractivity contribution in [2.75, 3.05) is 6.61 Å². The quantitative estimate of drug-likeness (QED) is 0.780. The third-order valence-corrected chi connectivity index (χ3v) is 2.61. The molecule has 1 aromatic rings. The minimum atomic E-state index is 0.463. The molecule has 0 radical (unpaired) electrons. The maximum atomic E-state index is 8.91. The Morgan fingerprint density at radius 3 is 2.87 bits per heavy atom. The number of unbranched alkanes of at least 4 members (excludes halogenated alkanes) is 1. The predicted octanol–water partition coefficient (Wildman–Crippen LogP) is 4.15. The van der Waals surface area contributed by atoms with Crippen LogP contribution < -0.4 is 4.74 Å². The number of hydrogen-bond donors (Lipinski definition) is 0. The van der Waals surface area contributed by atoms with E-state index in [0.29, 0.717) is 22.9 Å². The zero-order chi connectivity index (χ0) is 11.3. The van der Waals surface area contributed by atoms with E-state index in [1.54, 1.807) is 12.1 Å². The molecule has 0 atom stereocenters. The molecular formula is C11H11BrClNO. The van der Waals surface area contributed by atoms with E-state index in [0.717, 1.165) is 17.3 Å². The molecule has 0 amide bonds. The van der Waals surface area contributed by atoms with Gasteiger partial charge >= 0.3 is 0 Å². The second-order valence-corrected chi connectivity index (χ2v) is 4.40. The van der Waals surface area contributed by atoms with E-state index < -0.39 is 0 Å². The van der Waals surface area contributed by atoms with Crippen LogP contribution in [-0.4, -0.2) is 6.61 Å². The highest BCUT2D eigenvalue weighted by Gasteiger charge is 2.09. The smallest absolute Gasteiger partial charge is 0.155 e. The van der Waals surface area contributed by atoms with Crippen LogP contribution in [0.2, 0.25) is 5.02 Å². The molecule has 0 aliphatic rings. The molecule has 0 saturated heterocycles. The minimum absolute atomic E-state index is 0.463. The van der Waals surface area contributed by atoms with Gasteiger partial charge in [0, 0.05) is 4.47 Å². The maximum absolute atomic E-state index is 8.91. The van der Waals surface area contributed by atoms with Crippen molar-refractivity contribution in [1.82, 2.24) is 0 Å². The molecule has 0 unspecified atom stereocenters. The third kappa shape index (κ3) is 3.40. The Kier molecular flexibility index (Phi) is 4.93. The largest absolute Gasteiger partial charge is 0.491 e. The number of halogens is 2. The van der Waals surface area contributed by atoms with Crippen LogP contribution in [0.15, 0.2) is 16.6 Å². The molecule has 0 aromatic heterocycles. The standard InChI is InChI=1S/C11H11BrClNO/c1-2-3-4-15-11-8(7-14)5-9(12)6-10(11)13/h5-6H,2-4H2,1H3. The Labute approximate surface area is 103 Å². The first-order valence-electron chi connectivity index (χ1n) is 4.71. The van der Waals surface area contributed by atoms with Crippen LogP contribution in [0.25, 0.3) is 0 Å². The Bertz CT molecular complexity index is 387. The summed E-state index contributed by atoms with van der Waals surface area (Å²) >= 11 is 9.26. The zero-order valence-electron chi connectivity index (χ0n) is 8.39. The first-order valence-corrected chi connectivity index (χ1v) is 5.88. The van der Waals surface area contributed by atoms with Crippen molar-refractivity contribution < 1.29 is 4.74 Å². The van der Waals surface area contributed by atoms with Crippen LogP contribution in [0, 0.1) is 11.3 Å². The van der Waals surface area contributed by atoms with Crippen LogP contribution in [0.3, 0.4) is 0 Å². The lowest BCUT2D eigenvalue weighted by molar-refractivity contribution is 0.308. The van der Waals surface area contributed by atoms with E-state index in [2.05, 4.69) is 28.9 Å². The van der Waals surface area contributed by atoms with Crippen molar-refractivity contribution in [2.24, 2.45) is 0 Å². The van der Waals surface area contributed by atoms with Crippen LogP contribution >= 0.6 is 27.5 Å². The van der Waals surface area contributed by atoms with Gasteiger partial charge in [-0.3, -0.25) is 0 Å². The molecule has 0 spiro atoms. The molecule has 80 valence electrons. The van der Waals surface area contributed by atoms with Gasteiger partial charge in [0.15, 0.2) is 5.75 Å². The summed E-state index contributed by atoms with van der Waals surface area (Å²) in [5.41, 5.74) is 0.463. The van der Waals surface area contributed by atoms with Gasteiger partial charge in [0.1, 0.15) is 6.07 Å². The molecular weight excluding hydrogens is 277 g/mol. The maximum Gasteiger partial charge on any atom is 0.155 e. The zero-order valence-corrected chi connectivity index (χ0v) is 10.7. The van der Waals surface area contributed by atoms with Crippen molar-refractivity contribution in [3.63, 3.8) is 0 Å². The van der Waals surface area contributed by atoms with E-state index in [1.165, 1.54) is 0 Å². The first-order chi connectivity index (χ1) is 7.19. The Hall–Kier alpha value is -0.720. The fraction of sp³-hybridized carbons (Fsp3) is 0.364. The average molecular weight is 289 g/mol. The summed E-state index contributed by atoms with van der Waals surface area (Å²) in [6.45, 7) is 2.67. The molecule has 1 aromatic carbocycles. The average Bonchev–Trinajstić information content (AvgIpc) is 2.20. The highest BCUT2D eigenvalue weighted by atomic mass is 79.9. The molecule has 15 heavy (non-hydrogen) atoms. The molecule has 0 aliphatic carbocycles. The van der Waals surface area contributed by atoms with Crippen molar-refractivity contribution in [3.05, 3.63) is 27.2 Å². The molecule has 0 bridgehead atoms. The van der Waals surface area contributed by atoms with E-state index in [-0.39, 0.29) is 0 Å². The van der Waals surface area contributed by atoms with E-state index in [1.807, 2.05) is 0 Å². The van der Waals surface area contributed by atoms with E-state index >= 15 is 0 Å². The number of nitriles is 1. The Balaban J connectivity index is 2.90. The lowest BCUT2D eigenvalue weighted by Gasteiger charge is -2.09. The van der Waals surface area contributed by atoms with Crippen LogP contribution in [-0.2, 0) is 0 Å². The minimum Gasteiger partial charge on any atom is -0.491 e. The highest BCUT2D eigenvalue weighted by molar-refractivity contribution is 9.10. The van der Waals surface area contributed by atoms with Gasteiger partial charge in [0.05, 0.1) is 17.2 Å². The predicted molar refractivity (Wildman–Crippen MR) is 64.3 cm³/mol. The normalized spacial score (nSPS) is 9.73. The number of rotatable bonds is 4. The fourth-order valence-corrected chi connectivity index (χ4v) is 1.97. The molecule has 2 nitrogen and oxygen atoms in total. The summed E-state index contributed by atoms with van der Waals surface area (Å²) in [5.74, 6) is 0.482. The monoisotopic (exact) mass is 287 g/mol. The van der Waals surface area contributed by atoms with Crippen molar-refractivity contribution in [1.29, 1.82) is 5.26 Å². The van der Waals surface area contributed by atoms with Gasteiger partial charge in [0.25, 0.3) is 0 Å². The first kappa shape index (κ1) is 12.4. The molecule has 0 N–H and O–H groups in total. The molecule has 4 heteroatoms. The van der Waals surface area contributed by atoms with Gasteiger partial charge in [-0.15, -0.1) is 0 Å². The number of hydrogen-bond acceptors (Lipinski definition) is 2. The molecule has 0 saturated carbocycles. The van der Waals surface area contributed by atoms with Crippen molar-refractivity contribution in [2.45, 2.75) is 19.8 Å². The van der Waals surface area contributed by atoms with E-state index in [4.69, 9.17) is 21.6 Å². The van der Waals surface area contributed by atoms with Gasteiger partial charge in [-0.2, -0.15) is 5.26 Å². The van der Waals surface area contributed by atoms with Crippen molar-refractivity contribution >= 4 is 27.5 Å². The lowest BCUT2D eigenvalue weighted by Crippen LogP contribution is -1.99. The number of ether oxygens (including phenoxy) is 1. The van der Waals surface area contributed by atoms with Crippen LogP contribution in [0.5, 0.6) is 5.75 Å². The van der Waals surface area contributed by atoms with Gasteiger partial charge in [-0.05, 0) is 18.6 Å². The summed E-state index contributed by atoms with van der Waals surface area (Å²) in [6.07, 6.45) is 2.01. The summed E-state index contributed by atoms with van der Waals surface area (Å²) in [7, 11) is 0. The van der Waals surface area contributed by atoms with E-state index in [9.17, 15) is 0 Å². The van der Waals surface area contributed by atoms with Gasteiger partial charge in [-0.1, -0.05) is 40.9 Å². The molecule has 0 heterocycles. The number of nitrogens with zero attached hydrogens (tertiary/aromatic N) is 1. The van der Waals surface area contributed by atoms with Crippen LogP contribution in [0.1, 0.15) is 25.3 Å².